The third-order valence-electron chi connectivity index (χ3n) is 2.96. The Morgan fingerprint density at radius 2 is 2.11 bits per heavy atom. The molecule has 2 amide bonds. The molecule has 1 N–H and O–H groups in total. The van der Waals surface area contributed by atoms with Gasteiger partial charge in [0, 0.05) is 32.9 Å². The fourth-order valence-electron chi connectivity index (χ4n) is 1.80. The maximum absolute atomic E-state index is 12.0. The second-order valence-electron chi connectivity index (χ2n) is 4.59. The summed E-state index contributed by atoms with van der Waals surface area (Å²) in [4.78, 5) is 13.6. The molecule has 2 aromatic rings. The van der Waals surface area contributed by atoms with Crippen molar-refractivity contribution >= 4 is 11.8 Å². The first-order valence-electron chi connectivity index (χ1n) is 6.12. The molecule has 0 saturated carbocycles. The van der Waals surface area contributed by atoms with Gasteiger partial charge in [0.1, 0.15) is 0 Å². The van der Waals surface area contributed by atoms with Crippen molar-refractivity contribution < 1.29 is 4.79 Å². The summed E-state index contributed by atoms with van der Waals surface area (Å²) >= 11 is 0. The lowest BCUT2D eigenvalue weighted by molar-refractivity contribution is 0.220. The molecular weight excluding hydrogens is 240 g/mol. The van der Waals surface area contributed by atoms with Crippen LogP contribution in [0.5, 0.6) is 0 Å². The summed E-state index contributed by atoms with van der Waals surface area (Å²) in [6.07, 6.45) is 1.79. The van der Waals surface area contributed by atoms with Crippen LogP contribution in [0.3, 0.4) is 0 Å². The number of anilines is 1. The number of rotatable bonds is 3. The van der Waals surface area contributed by atoms with E-state index < -0.39 is 0 Å². The van der Waals surface area contributed by atoms with Crippen molar-refractivity contribution in [2.24, 2.45) is 7.05 Å². The molecular formula is C14H18N4O. The van der Waals surface area contributed by atoms with E-state index in [2.05, 4.69) is 10.4 Å². The summed E-state index contributed by atoms with van der Waals surface area (Å²) in [5.74, 6) is 0.559. The molecule has 2 rings (SSSR count). The van der Waals surface area contributed by atoms with Crippen LogP contribution in [0.25, 0.3) is 0 Å². The maximum atomic E-state index is 12.0. The Balaban J connectivity index is 1.98. The zero-order chi connectivity index (χ0) is 13.8. The molecule has 100 valence electrons. The van der Waals surface area contributed by atoms with Gasteiger partial charge in [-0.15, -0.1) is 0 Å². The van der Waals surface area contributed by atoms with Crippen LogP contribution in [0.1, 0.15) is 11.1 Å². The number of aromatic nitrogens is 2. The Morgan fingerprint density at radius 3 is 2.74 bits per heavy atom. The van der Waals surface area contributed by atoms with Gasteiger partial charge in [-0.3, -0.25) is 10.00 Å². The number of hydrogen-bond acceptors (Lipinski definition) is 2. The Morgan fingerprint density at radius 1 is 1.37 bits per heavy atom. The number of urea groups is 1. The maximum Gasteiger partial charge on any atom is 0.323 e. The first-order valence-corrected chi connectivity index (χ1v) is 6.12. The van der Waals surface area contributed by atoms with E-state index in [0.29, 0.717) is 12.4 Å². The topological polar surface area (TPSA) is 50.2 Å². The molecule has 0 aliphatic heterocycles. The van der Waals surface area contributed by atoms with E-state index in [1.807, 2.05) is 38.2 Å². The first-order chi connectivity index (χ1) is 9.06. The van der Waals surface area contributed by atoms with Crippen LogP contribution in [-0.2, 0) is 13.6 Å². The van der Waals surface area contributed by atoms with Crippen molar-refractivity contribution in [2.45, 2.75) is 13.5 Å². The van der Waals surface area contributed by atoms with E-state index in [4.69, 9.17) is 0 Å². The summed E-state index contributed by atoms with van der Waals surface area (Å²) in [5.41, 5.74) is 2.32. The zero-order valence-corrected chi connectivity index (χ0v) is 11.4. The van der Waals surface area contributed by atoms with Gasteiger partial charge >= 0.3 is 6.03 Å². The highest BCUT2D eigenvalue weighted by atomic mass is 16.2. The summed E-state index contributed by atoms with van der Waals surface area (Å²) in [6, 6.07) is 9.64. The van der Waals surface area contributed by atoms with Crippen molar-refractivity contribution in [1.29, 1.82) is 0 Å². The van der Waals surface area contributed by atoms with Crippen LogP contribution >= 0.6 is 0 Å². The average Bonchev–Trinajstić information content (AvgIpc) is 2.77. The first kappa shape index (κ1) is 13.1. The summed E-state index contributed by atoms with van der Waals surface area (Å²) < 4.78 is 1.65. The number of benzene rings is 1. The second-order valence-corrected chi connectivity index (χ2v) is 4.59. The largest absolute Gasteiger partial charge is 0.323 e. The van der Waals surface area contributed by atoms with Gasteiger partial charge in [0.05, 0.1) is 0 Å². The van der Waals surface area contributed by atoms with Gasteiger partial charge in [-0.25, -0.2) is 4.79 Å². The van der Waals surface area contributed by atoms with Crippen LogP contribution in [0, 0.1) is 6.92 Å². The molecule has 5 heteroatoms. The predicted molar refractivity (Wildman–Crippen MR) is 74.9 cm³/mol. The van der Waals surface area contributed by atoms with Crippen LogP contribution < -0.4 is 5.32 Å². The van der Waals surface area contributed by atoms with Gasteiger partial charge in [-0.1, -0.05) is 24.3 Å². The van der Waals surface area contributed by atoms with Gasteiger partial charge in [0.25, 0.3) is 0 Å². The number of carbonyl (C=O) groups is 1. The summed E-state index contributed by atoms with van der Waals surface area (Å²) in [6.45, 7) is 2.62. The monoisotopic (exact) mass is 258 g/mol. The van der Waals surface area contributed by atoms with Crippen molar-refractivity contribution in [3.63, 3.8) is 0 Å². The molecule has 1 aromatic carbocycles. The lowest BCUT2D eigenvalue weighted by atomic mass is 10.1. The number of hydrogen-bond donors (Lipinski definition) is 1. The summed E-state index contributed by atoms with van der Waals surface area (Å²) in [7, 11) is 3.58. The minimum absolute atomic E-state index is 0.165. The van der Waals surface area contributed by atoms with Gasteiger partial charge in [0.2, 0.25) is 0 Å². The third kappa shape index (κ3) is 3.34. The lowest BCUT2D eigenvalue weighted by Crippen LogP contribution is -2.31. The van der Waals surface area contributed by atoms with Gasteiger partial charge in [-0.2, -0.15) is 5.10 Å². The zero-order valence-electron chi connectivity index (χ0n) is 11.4. The van der Waals surface area contributed by atoms with E-state index in [9.17, 15) is 4.79 Å². The molecule has 19 heavy (non-hydrogen) atoms. The molecule has 0 radical (unpaired) electrons. The molecule has 0 saturated heterocycles. The molecule has 1 aromatic heterocycles. The lowest BCUT2D eigenvalue weighted by Gasteiger charge is -2.18. The highest BCUT2D eigenvalue weighted by Gasteiger charge is 2.11. The second kappa shape index (κ2) is 5.56. The number of amides is 2. The van der Waals surface area contributed by atoms with Crippen molar-refractivity contribution in [2.75, 3.05) is 12.4 Å². The Labute approximate surface area is 112 Å². The molecule has 0 unspecified atom stereocenters. The fraction of sp³-hybridized carbons (Fsp3) is 0.286. The van der Waals surface area contributed by atoms with Crippen LogP contribution in [0.4, 0.5) is 10.6 Å². The molecule has 1 heterocycles. The van der Waals surface area contributed by atoms with Crippen molar-refractivity contribution in [3.05, 3.63) is 47.7 Å². The van der Waals surface area contributed by atoms with E-state index >= 15 is 0 Å². The van der Waals surface area contributed by atoms with E-state index in [-0.39, 0.29) is 6.03 Å². The van der Waals surface area contributed by atoms with Crippen molar-refractivity contribution in [1.82, 2.24) is 14.7 Å². The molecule has 0 fully saturated rings. The number of aryl methyl sites for hydroxylation is 2. The molecule has 0 atom stereocenters. The van der Waals surface area contributed by atoms with Crippen molar-refractivity contribution in [3.8, 4) is 0 Å². The molecule has 0 aliphatic carbocycles. The van der Waals surface area contributed by atoms with E-state index in [0.717, 1.165) is 5.56 Å². The molecule has 0 bridgehead atoms. The number of carbonyl (C=O) groups excluding carboxylic acids is 1. The Bertz CT molecular complexity index is 576. The van der Waals surface area contributed by atoms with Crippen LogP contribution in [0.2, 0.25) is 0 Å². The quantitative estimate of drug-likeness (QED) is 0.919. The molecule has 5 nitrogen and oxygen atoms in total. The Hall–Kier alpha value is -2.30. The fourth-order valence-corrected chi connectivity index (χ4v) is 1.80. The van der Waals surface area contributed by atoms with Gasteiger partial charge in [-0.05, 0) is 18.1 Å². The highest BCUT2D eigenvalue weighted by molar-refractivity contribution is 5.87. The average molecular weight is 258 g/mol. The SMILES string of the molecule is Cc1ccccc1CN(C)C(=O)Nc1ccn(C)n1. The minimum Gasteiger partial charge on any atom is -0.323 e. The number of nitrogens with one attached hydrogen (secondary N) is 1. The molecule has 0 spiro atoms. The van der Waals surface area contributed by atoms with Gasteiger partial charge in [0.15, 0.2) is 5.82 Å². The highest BCUT2D eigenvalue weighted by Crippen LogP contribution is 2.10. The summed E-state index contributed by atoms with van der Waals surface area (Å²) in [5, 5.41) is 6.87. The predicted octanol–water partition coefficient (Wildman–Crippen LogP) is 2.39. The standard InChI is InChI=1S/C14H18N4O/c1-11-6-4-5-7-12(11)10-17(2)14(19)15-13-8-9-18(3)16-13/h4-9H,10H2,1-3H3,(H,15,16,19). The van der Waals surface area contributed by atoms with E-state index in [1.165, 1.54) is 5.56 Å². The minimum atomic E-state index is -0.165. The normalized spacial score (nSPS) is 10.3. The Kier molecular flexibility index (Phi) is 3.85. The molecule has 0 aliphatic rings. The third-order valence-corrected chi connectivity index (χ3v) is 2.96. The van der Waals surface area contributed by atoms with Crippen LogP contribution in [0.15, 0.2) is 36.5 Å². The van der Waals surface area contributed by atoms with Gasteiger partial charge < -0.3 is 4.90 Å². The smallest absolute Gasteiger partial charge is 0.323 e. The van der Waals surface area contributed by atoms with Crippen LogP contribution in [-0.4, -0.2) is 27.8 Å². The van der Waals surface area contributed by atoms with E-state index in [1.54, 1.807) is 28.9 Å². The number of nitrogens with zero attached hydrogens (tertiary/aromatic N) is 3.